The van der Waals surface area contributed by atoms with Crippen LogP contribution in [0.4, 0.5) is 4.79 Å². The molecule has 63 heavy (non-hydrogen) atoms. The van der Waals surface area contributed by atoms with Crippen molar-refractivity contribution in [2.45, 2.75) is 102 Å². The number of nitrogens with zero attached hydrogens (tertiary/aromatic N) is 2. The van der Waals surface area contributed by atoms with Gasteiger partial charge in [0.25, 0.3) is 12.4 Å². The molecule has 0 aliphatic carbocycles. The van der Waals surface area contributed by atoms with Gasteiger partial charge in [-0.3, -0.25) is 14.4 Å². The van der Waals surface area contributed by atoms with Gasteiger partial charge in [-0.15, -0.1) is 0 Å². The Morgan fingerprint density at radius 3 is 2.25 bits per heavy atom. The number of likely N-dealkylation sites (tertiary alicyclic amines) is 1. The number of H-pyrrole nitrogens is 1. The van der Waals surface area contributed by atoms with Crippen molar-refractivity contribution in [2.24, 2.45) is 0 Å². The predicted molar refractivity (Wildman–Crippen MR) is 243 cm³/mol. The lowest BCUT2D eigenvalue weighted by atomic mass is 9.85. The first-order valence-corrected chi connectivity index (χ1v) is 24.1. The van der Waals surface area contributed by atoms with Crippen LogP contribution in [-0.4, -0.2) is 114 Å². The Kier molecular flexibility index (Phi) is 16.9. The number of carbonyl (C=O) groups excluding carboxylic acids is 3. The summed E-state index contributed by atoms with van der Waals surface area (Å²) in [5.74, 6) is -1.26. The average molecular weight is 889 g/mol. The molecule has 3 atom stereocenters. The van der Waals surface area contributed by atoms with E-state index in [0.717, 1.165) is 6.54 Å². The number of aliphatic hydroxyl groups is 1. The Hall–Kier alpha value is -5.55. The monoisotopic (exact) mass is 888 g/mol. The summed E-state index contributed by atoms with van der Waals surface area (Å²) < 4.78 is 18.7. The van der Waals surface area contributed by atoms with Crippen molar-refractivity contribution in [3.05, 3.63) is 111 Å². The summed E-state index contributed by atoms with van der Waals surface area (Å²) in [6, 6.07) is 21.3. The molecule has 1 unspecified atom stereocenters. The number of phenolic OH excluding ortho intramolecular Hbond substituents is 1. The molecule has 1 aliphatic heterocycles. The van der Waals surface area contributed by atoms with Gasteiger partial charge < -0.3 is 49.3 Å². The highest BCUT2D eigenvalue weighted by molar-refractivity contribution is 6.74. The normalized spacial score (nSPS) is 15.9. The van der Waals surface area contributed by atoms with E-state index < -0.39 is 37.7 Å². The zero-order valence-corrected chi connectivity index (χ0v) is 38.9. The van der Waals surface area contributed by atoms with E-state index in [-0.39, 0.29) is 71.1 Å². The second kappa shape index (κ2) is 21.2. The Morgan fingerprint density at radius 1 is 0.968 bits per heavy atom. The fourth-order valence-electron chi connectivity index (χ4n) is 6.98. The highest BCUT2D eigenvalue weighted by Crippen LogP contribution is 2.42. The van der Waals surface area contributed by atoms with Gasteiger partial charge in [-0.1, -0.05) is 69.3 Å². The van der Waals surface area contributed by atoms with Gasteiger partial charge in [-0.25, -0.2) is 9.59 Å². The first-order valence-electron chi connectivity index (χ1n) is 21.2. The molecule has 0 radical (unpaired) electrons. The lowest BCUT2D eigenvalue weighted by molar-refractivity contribution is -0.167. The molecule has 15 nitrogen and oxygen atoms in total. The minimum absolute atomic E-state index is 0.0720. The number of phenols is 1. The minimum atomic E-state index is -2.46. The van der Waals surface area contributed by atoms with Crippen LogP contribution in [-0.2, 0) is 29.1 Å². The number of carbonyl (C=O) groups is 4. The summed E-state index contributed by atoms with van der Waals surface area (Å²) in [6.45, 7) is 17.9. The van der Waals surface area contributed by atoms with Crippen molar-refractivity contribution in [3.8, 4) is 5.75 Å². The van der Waals surface area contributed by atoms with Crippen molar-refractivity contribution < 1.29 is 48.4 Å². The molecule has 5 rings (SSSR count). The van der Waals surface area contributed by atoms with Crippen LogP contribution in [0.15, 0.2) is 83.7 Å². The van der Waals surface area contributed by atoms with Crippen LogP contribution in [0.25, 0.3) is 10.9 Å². The van der Waals surface area contributed by atoms with Crippen molar-refractivity contribution >= 4 is 43.7 Å². The van der Waals surface area contributed by atoms with Gasteiger partial charge in [0.2, 0.25) is 11.2 Å². The molecule has 0 saturated carbocycles. The van der Waals surface area contributed by atoms with Crippen LogP contribution in [0.2, 0.25) is 18.1 Å². The van der Waals surface area contributed by atoms with E-state index in [1.807, 2.05) is 7.05 Å². The van der Waals surface area contributed by atoms with Gasteiger partial charge >= 0.3 is 12.1 Å². The molecule has 0 spiro atoms. The molecule has 1 aromatic heterocycles. The summed E-state index contributed by atoms with van der Waals surface area (Å²) in [6.07, 6.45) is 0.170. The number of ether oxygens (including phenoxy) is 2. The highest BCUT2D eigenvalue weighted by atomic mass is 28.4. The van der Waals surface area contributed by atoms with E-state index in [2.05, 4.69) is 49.1 Å². The number of hydrogen-bond donors (Lipinski definition) is 5. The number of unbranched alkanes of at least 4 members (excludes halogenated alkanes) is 1. The first-order chi connectivity index (χ1) is 29.5. The minimum Gasteiger partial charge on any atom is -0.506 e. The van der Waals surface area contributed by atoms with E-state index in [9.17, 15) is 29.4 Å². The number of likely N-dealkylation sites (N-methyl/N-ethyl adjacent to an activating group) is 1. The third kappa shape index (κ3) is 13.2. The lowest BCUT2D eigenvalue weighted by Crippen LogP contribution is -2.46. The van der Waals surface area contributed by atoms with Crippen molar-refractivity contribution in [1.29, 1.82) is 0 Å². The van der Waals surface area contributed by atoms with Crippen molar-refractivity contribution in [3.63, 3.8) is 0 Å². The number of nitrogens with one attached hydrogen (secondary N) is 2. The number of pyridine rings is 1. The molecule has 3 aromatic carbocycles. The zero-order chi connectivity index (χ0) is 46.8. The molecule has 2 heterocycles. The number of fused-ring (bicyclic) bond motifs is 1. The Balaban J connectivity index is 0.00000282. The van der Waals surface area contributed by atoms with E-state index in [4.69, 9.17) is 23.8 Å². The maximum absolute atomic E-state index is 13.8. The fourth-order valence-corrected chi connectivity index (χ4v) is 8.25. The number of carboxylic acid groups (broad SMARTS) is 1. The van der Waals surface area contributed by atoms with Crippen LogP contribution in [0.3, 0.4) is 0 Å². The van der Waals surface area contributed by atoms with Crippen LogP contribution >= 0.6 is 0 Å². The fraction of sp³-hybridized carbons (Fsp3) is 0.468. The van der Waals surface area contributed by atoms with Gasteiger partial charge in [0.15, 0.2) is 8.32 Å². The van der Waals surface area contributed by atoms with Gasteiger partial charge in [-0.2, -0.15) is 0 Å². The number of hydrogen-bond acceptors (Lipinski definition) is 11. The van der Waals surface area contributed by atoms with Crippen LogP contribution < -0.4 is 10.9 Å². The Morgan fingerprint density at radius 2 is 1.63 bits per heavy atom. The average Bonchev–Trinajstić information content (AvgIpc) is 3.63. The molecular weight excluding hydrogens is 825 g/mol. The molecule has 1 saturated heterocycles. The molecular formula is C47H64N4O11Si. The predicted octanol–water partition coefficient (Wildman–Crippen LogP) is 6.93. The van der Waals surface area contributed by atoms with E-state index in [1.165, 1.54) is 18.2 Å². The Bertz CT molecular complexity index is 2250. The maximum atomic E-state index is 13.8. The highest BCUT2D eigenvalue weighted by Gasteiger charge is 2.44. The number of aromatic nitrogens is 1. The van der Waals surface area contributed by atoms with E-state index >= 15 is 0 Å². The lowest BCUT2D eigenvalue weighted by Gasteiger charge is -2.41. The van der Waals surface area contributed by atoms with E-state index in [1.54, 1.807) is 86.3 Å². The summed E-state index contributed by atoms with van der Waals surface area (Å²) in [4.78, 5) is 68.1. The molecule has 0 bridgehead atoms. The van der Waals surface area contributed by atoms with Crippen LogP contribution in [0.5, 0.6) is 5.75 Å². The number of rotatable bonds is 15. The number of benzene rings is 3. The zero-order valence-electron chi connectivity index (χ0n) is 37.9. The van der Waals surface area contributed by atoms with Gasteiger partial charge in [0.05, 0.1) is 18.2 Å². The number of aromatic hydroxyl groups is 1. The number of aromatic amines is 1. The summed E-state index contributed by atoms with van der Waals surface area (Å²) in [5, 5.41) is 33.0. The van der Waals surface area contributed by atoms with Crippen LogP contribution in [0.1, 0.15) is 94.0 Å². The molecule has 16 heteroatoms. The smallest absolute Gasteiger partial charge is 0.410 e. The van der Waals surface area contributed by atoms with E-state index in [0.29, 0.717) is 42.3 Å². The quantitative estimate of drug-likeness (QED) is 0.0357. The van der Waals surface area contributed by atoms with Crippen molar-refractivity contribution in [2.75, 3.05) is 39.8 Å². The number of esters is 1. The first kappa shape index (κ1) is 50.1. The Labute approximate surface area is 370 Å². The summed E-state index contributed by atoms with van der Waals surface area (Å²) in [5.41, 5.74) is -1.45. The third-order valence-electron chi connectivity index (χ3n) is 11.3. The summed E-state index contributed by atoms with van der Waals surface area (Å²) >= 11 is 0. The second-order valence-corrected chi connectivity index (χ2v) is 23.1. The maximum Gasteiger partial charge on any atom is 0.410 e. The largest absolute Gasteiger partial charge is 0.506 e. The number of amides is 2. The van der Waals surface area contributed by atoms with Gasteiger partial charge in [0, 0.05) is 48.8 Å². The molecule has 5 N–H and O–H groups in total. The molecule has 2 amide bonds. The topological polar surface area (TPSA) is 208 Å². The van der Waals surface area contributed by atoms with Gasteiger partial charge in [-0.05, 0) is 101 Å². The van der Waals surface area contributed by atoms with Gasteiger partial charge in [0.1, 0.15) is 17.5 Å². The SMILES string of the molecule is CN1CC[C@@H](OC(=O)C(O)(c2ccccc2)c2cccc(C(=O)NCCCCN(C[C@H](O[Si](C)(C)C(C)(C)C)c3ccc(O)c4[nH]c(=O)ccc34)C(=O)OC(C)(C)C)c2)C1.O=CO. The second-order valence-electron chi connectivity index (χ2n) is 18.4. The molecule has 4 aromatic rings. The molecule has 1 aliphatic rings. The molecule has 1 fully saturated rings. The summed E-state index contributed by atoms with van der Waals surface area (Å²) in [7, 11) is -0.508. The third-order valence-corrected chi connectivity index (χ3v) is 15.8. The molecule has 342 valence electrons. The standard InChI is InChI=1S/C46H62N4O9Si.CH2O2/c1-44(2,3)58-43(55)50(30-38(59-60(8,9)45(4,5)6)35-20-22-37(51)40-36(35)21-23-39(52)48-40)26-14-13-25-47-41(53)31-16-15-19-33(28-31)46(56,32-17-11-10-12-18-32)42(54)57-34-24-27-49(7)29-34;2-1-3/h10-12,15-23,28,34,38,51,56H,13-14,24-27,29-30H2,1-9H3,(H,47,53)(H,48,52);1H,(H,2,3)/t34-,38+,46?;/m1./s1. The van der Waals surface area contributed by atoms with Crippen LogP contribution in [0, 0.1) is 0 Å². The van der Waals surface area contributed by atoms with Crippen molar-refractivity contribution in [1.82, 2.24) is 20.1 Å².